The summed E-state index contributed by atoms with van der Waals surface area (Å²) in [6, 6.07) is 8.57. The predicted octanol–water partition coefficient (Wildman–Crippen LogP) is 3.14. The fraction of sp³-hybridized carbons (Fsp3) is 0.316. The minimum absolute atomic E-state index is 0.0253. The first-order valence-electron chi connectivity index (χ1n) is 8.50. The number of amides is 1. The Kier molecular flexibility index (Phi) is 5.54. The number of benzene rings is 2. The second-order valence-corrected chi connectivity index (χ2v) is 6.50. The van der Waals surface area contributed by atoms with Gasteiger partial charge in [-0.15, -0.1) is 0 Å². The molecule has 1 atom stereocenters. The molecule has 2 aromatic carbocycles. The number of hydrogen-bond acceptors (Lipinski definition) is 5. The summed E-state index contributed by atoms with van der Waals surface area (Å²) in [6.45, 7) is 3.57. The van der Waals surface area contributed by atoms with Gasteiger partial charge in [-0.2, -0.15) is 0 Å². The van der Waals surface area contributed by atoms with Crippen molar-refractivity contribution in [3.8, 4) is 17.2 Å². The van der Waals surface area contributed by atoms with E-state index in [0.29, 0.717) is 26.1 Å². The molecule has 26 heavy (non-hydrogen) atoms. The monoisotopic (exact) mass is 376 g/mol. The van der Waals surface area contributed by atoms with Crippen LogP contribution in [0.1, 0.15) is 29.5 Å². The van der Waals surface area contributed by atoms with Crippen LogP contribution in [0.3, 0.4) is 0 Å². The molecule has 6 nitrogen and oxygen atoms in total. The standard InChI is InChI=1S/C19H21ClN2O4/c1-2-22-19(25)26-18-16(24)9-14-13(17(18)20)7-8-21-10-15(14)11-3-5-12(23)6-4-11/h3-6,9,15,21,23-24H,2,7-8,10H2,1H3,(H,22,25)/t15-/m1/s1. The fourth-order valence-corrected chi connectivity index (χ4v) is 3.52. The molecule has 0 bridgehead atoms. The Morgan fingerprint density at radius 1 is 1.35 bits per heavy atom. The van der Waals surface area contributed by atoms with Gasteiger partial charge in [-0.3, -0.25) is 0 Å². The van der Waals surface area contributed by atoms with Gasteiger partial charge in [0.2, 0.25) is 0 Å². The number of carbonyl (C=O) groups is 1. The Hall–Kier alpha value is -2.44. The molecule has 138 valence electrons. The molecule has 1 aliphatic rings. The van der Waals surface area contributed by atoms with Crippen molar-refractivity contribution in [2.75, 3.05) is 19.6 Å². The van der Waals surface area contributed by atoms with Crippen molar-refractivity contribution in [3.05, 3.63) is 52.0 Å². The van der Waals surface area contributed by atoms with E-state index >= 15 is 0 Å². The van der Waals surface area contributed by atoms with E-state index in [-0.39, 0.29) is 28.2 Å². The van der Waals surface area contributed by atoms with Gasteiger partial charge in [0.15, 0.2) is 11.5 Å². The van der Waals surface area contributed by atoms with Crippen molar-refractivity contribution in [2.45, 2.75) is 19.3 Å². The first-order valence-corrected chi connectivity index (χ1v) is 8.88. The van der Waals surface area contributed by atoms with E-state index in [0.717, 1.165) is 16.7 Å². The minimum Gasteiger partial charge on any atom is -0.508 e. The van der Waals surface area contributed by atoms with Gasteiger partial charge in [-0.05, 0) is 54.8 Å². The zero-order valence-corrected chi connectivity index (χ0v) is 15.1. The van der Waals surface area contributed by atoms with Crippen molar-refractivity contribution in [2.24, 2.45) is 0 Å². The average Bonchev–Trinajstić information content (AvgIpc) is 2.82. The van der Waals surface area contributed by atoms with Gasteiger partial charge in [0.25, 0.3) is 0 Å². The summed E-state index contributed by atoms with van der Waals surface area (Å²) >= 11 is 6.49. The summed E-state index contributed by atoms with van der Waals surface area (Å²) in [5, 5.41) is 26.1. The quantitative estimate of drug-likeness (QED) is 0.660. The number of hydrogen-bond donors (Lipinski definition) is 4. The van der Waals surface area contributed by atoms with Gasteiger partial charge in [0.05, 0.1) is 5.02 Å². The smallest absolute Gasteiger partial charge is 0.412 e. The topological polar surface area (TPSA) is 90.8 Å². The Morgan fingerprint density at radius 3 is 2.77 bits per heavy atom. The molecule has 7 heteroatoms. The lowest BCUT2D eigenvalue weighted by molar-refractivity contribution is 0.199. The van der Waals surface area contributed by atoms with Crippen LogP contribution in [0.25, 0.3) is 0 Å². The van der Waals surface area contributed by atoms with Gasteiger partial charge in [0, 0.05) is 19.0 Å². The third kappa shape index (κ3) is 3.71. The number of phenolic OH excluding ortho intramolecular Hbond substituents is 2. The summed E-state index contributed by atoms with van der Waals surface area (Å²) in [5.74, 6) is -0.0504. The number of nitrogens with one attached hydrogen (secondary N) is 2. The summed E-state index contributed by atoms with van der Waals surface area (Å²) in [7, 11) is 0. The van der Waals surface area contributed by atoms with Crippen LogP contribution < -0.4 is 15.4 Å². The zero-order chi connectivity index (χ0) is 18.7. The van der Waals surface area contributed by atoms with Crippen LogP contribution in [0.4, 0.5) is 4.79 Å². The number of carbonyl (C=O) groups excluding carboxylic acids is 1. The number of aromatic hydroxyl groups is 2. The average molecular weight is 377 g/mol. The maximum atomic E-state index is 11.7. The van der Waals surface area contributed by atoms with E-state index < -0.39 is 6.09 Å². The number of phenols is 2. The van der Waals surface area contributed by atoms with E-state index in [2.05, 4.69) is 10.6 Å². The largest absolute Gasteiger partial charge is 0.508 e. The van der Waals surface area contributed by atoms with Gasteiger partial charge in [-0.25, -0.2) is 4.79 Å². The van der Waals surface area contributed by atoms with E-state index in [9.17, 15) is 15.0 Å². The van der Waals surface area contributed by atoms with Crippen molar-refractivity contribution in [1.82, 2.24) is 10.6 Å². The van der Waals surface area contributed by atoms with Crippen molar-refractivity contribution in [1.29, 1.82) is 0 Å². The first-order chi connectivity index (χ1) is 12.5. The third-order valence-corrected chi connectivity index (χ3v) is 4.82. The highest BCUT2D eigenvalue weighted by atomic mass is 35.5. The molecule has 1 amide bonds. The minimum atomic E-state index is -0.661. The van der Waals surface area contributed by atoms with Crippen LogP contribution in [-0.2, 0) is 6.42 Å². The Bertz CT molecular complexity index is 808. The summed E-state index contributed by atoms with van der Waals surface area (Å²) in [6.07, 6.45) is -0.0131. The van der Waals surface area contributed by atoms with Crippen LogP contribution in [0.2, 0.25) is 5.02 Å². The van der Waals surface area contributed by atoms with E-state index in [4.69, 9.17) is 16.3 Å². The fourth-order valence-electron chi connectivity index (χ4n) is 3.19. The molecule has 0 spiro atoms. The van der Waals surface area contributed by atoms with Gasteiger partial charge in [0.1, 0.15) is 5.75 Å². The lowest BCUT2D eigenvalue weighted by atomic mass is 9.87. The van der Waals surface area contributed by atoms with Crippen LogP contribution in [0.5, 0.6) is 17.2 Å². The first kappa shape index (κ1) is 18.4. The van der Waals surface area contributed by atoms with Crippen LogP contribution in [-0.4, -0.2) is 35.9 Å². The number of ether oxygens (including phenoxy) is 1. The van der Waals surface area contributed by atoms with E-state index in [1.807, 2.05) is 12.1 Å². The molecule has 2 aromatic rings. The zero-order valence-electron chi connectivity index (χ0n) is 14.4. The molecule has 0 saturated carbocycles. The molecular weight excluding hydrogens is 356 g/mol. The van der Waals surface area contributed by atoms with Crippen LogP contribution in [0, 0.1) is 0 Å². The number of halogens is 1. The second kappa shape index (κ2) is 7.85. The summed E-state index contributed by atoms with van der Waals surface area (Å²) in [4.78, 5) is 11.7. The maximum absolute atomic E-state index is 11.7. The second-order valence-electron chi connectivity index (χ2n) is 6.12. The third-order valence-electron chi connectivity index (χ3n) is 4.42. The summed E-state index contributed by atoms with van der Waals surface area (Å²) < 4.78 is 5.19. The van der Waals surface area contributed by atoms with Gasteiger partial charge < -0.3 is 25.6 Å². The lowest BCUT2D eigenvalue weighted by Gasteiger charge is -2.21. The van der Waals surface area contributed by atoms with Crippen molar-refractivity contribution in [3.63, 3.8) is 0 Å². The van der Waals surface area contributed by atoms with Crippen molar-refractivity contribution >= 4 is 17.7 Å². The van der Waals surface area contributed by atoms with Gasteiger partial charge >= 0.3 is 6.09 Å². The maximum Gasteiger partial charge on any atom is 0.412 e. The van der Waals surface area contributed by atoms with Crippen LogP contribution >= 0.6 is 11.6 Å². The molecule has 0 fully saturated rings. The normalized spacial score (nSPS) is 16.5. The molecule has 3 rings (SSSR count). The molecule has 1 heterocycles. The summed E-state index contributed by atoms with van der Waals surface area (Å²) in [5.41, 5.74) is 2.71. The van der Waals surface area contributed by atoms with E-state index in [1.165, 1.54) is 0 Å². The lowest BCUT2D eigenvalue weighted by Crippen LogP contribution is -2.26. The molecule has 0 aliphatic carbocycles. The Morgan fingerprint density at radius 2 is 2.08 bits per heavy atom. The molecule has 0 unspecified atom stereocenters. The van der Waals surface area contributed by atoms with Crippen molar-refractivity contribution < 1.29 is 19.7 Å². The highest BCUT2D eigenvalue weighted by molar-refractivity contribution is 6.33. The molecule has 0 saturated heterocycles. The van der Waals surface area contributed by atoms with Crippen LogP contribution in [0.15, 0.2) is 30.3 Å². The van der Waals surface area contributed by atoms with Gasteiger partial charge in [-0.1, -0.05) is 23.7 Å². The molecule has 1 aliphatic heterocycles. The molecule has 0 radical (unpaired) electrons. The van der Waals surface area contributed by atoms with E-state index in [1.54, 1.807) is 25.1 Å². The number of fused-ring (bicyclic) bond motifs is 1. The SMILES string of the molecule is CCNC(=O)Oc1c(O)cc2c(c1Cl)CCNC[C@@H]2c1ccc(O)cc1. The predicted molar refractivity (Wildman–Crippen MR) is 99.3 cm³/mol. The number of rotatable bonds is 3. The Balaban J connectivity index is 2.04. The molecule has 4 N–H and O–H groups in total. The Labute approximate surface area is 156 Å². The molecular formula is C19H21ClN2O4. The molecule has 0 aromatic heterocycles. The highest BCUT2D eigenvalue weighted by Crippen LogP contribution is 2.43. The highest BCUT2D eigenvalue weighted by Gasteiger charge is 2.27.